The van der Waals surface area contributed by atoms with E-state index in [1.165, 1.54) is 4.90 Å². The van der Waals surface area contributed by atoms with Crippen LogP contribution in [0.1, 0.15) is 5.56 Å². The first-order valence-corrected chi connectivity index (χ1v) is 7.09. The zero-order valence-electron chi connectivity index (χ0n) is 12.0. The van der Waals surface area contributed by atoms with E-state index in [1.54, 1.807) is 7.11 Å². The molecular formula is C15H23N2O3+. The lowest BCUT2D eigenvalue weighted by atomic mass is 10.1. The van der Waals surface area contributed by atoms with Gasteiger partial charge in [-0.1, -0.05) is 12.1 Å². The Kier molecular flexibility index (Phi) is 5.83. The molecule has 0 unspecified atom stereocenters. The highest BCUT2D eigenvalue weighted by atomic mass is 16.5. The number of nitrogens with one attached hydrogen (secondary N) is 2. The van der Waals surface area contributed by atoms with Crippen LogP contribution in [-0.2, 0) is 16.0 Å². The summed E-state index contributed by atoms with van der Waals surface area (Å²) in [6.07, 6.45) is 0.419. The molecule has 1 aliphatic heterocycles. The van der Waals surface area contributed by atoms with Gasteiger partial charge in [0.25, 0.3) is 0 Å². The molecule has 0 spiro atoms. The van der Waals surface area contributed by atoms with Gasteiger partial charge in [-0.25, -0.2) is 0 Å². The lowest BCUT2D eigenvalue weighted by molar-refractivity contribution is -0.906. The van der Waals surface area contributed by atoms with Gasteiger partial charge in [0, 0.05) is 0 Å². The number of benzene rings is 1. The van der Waals surface area contributed by atoms with Crippen molar-refractivity contribution in [1.29, 1.82) is 0 Å². The molecular weight excluding hydrogens is 256 g/mol. The van der Waals surface area contributed by atoms with Gasteiger partial charge < -0.3 is 19.7 Å². The molecule has 110 valence electrons. The van der Waals surface area contributed by atoms with Crippen molar-refractivity contribution < 1.29 is 19.2 Å². The van der Waals surface area contributed by atoms with Crippen LogP contribution in [0.3, 0.4) is 0 Å². The van der Waals surface area contributed by atoms with Crippen molar-refractivity contribution in [2.45, 2.75) is 6.42 Å². The minimum atomic E-state index is 0.0721. The molecule has 1 saturated heterocycles. The van der Waals surface area contributed by atoms with Gasteiger partial charge >= 0.3 is 0 Å². The fourth-order valence-corrected chi connectivity index (χ4v) is 2.28. The molecule has 20 heavy (non-hydrogen) atoms. The monoisotopic (exact) mass is 279 g/mol. The fraction of sp³-hybridized carbons (Fsp3) is 0.533. The maximum Gasteiger partial charge on any atom is 0.224 e. The quantitative estimate of drug-likeness (QED) is 0.722. The number of rotatable bonds is 6. The van der Waals surface area contributed by atoms with Crippen LogP contribution in [0.4, 0.5) is 0 Å². The molecule has 2 rings (SSSR count). The molecule has 1 aromatic rings. The van der Waals surface area contributed by atoms with Crippen molar-refractivity contribution >= 4 is 5.91 Å². The molecule has 1 aromatic carbocycles. The Labute approximate surface area is 119 Å². The Morgan fingerprint density at radius 1 is 1.30 bits per heavy atom. The van der Waals surface area contributed by atoms with E-state index in [4.69, 9.17) is 9.47 Å². The molecule has 1 fully saturated rings. The molecule has 0 atom stereocenters. The maximum atomic E-state index is 11.8. The van der Waals surface area contributed by atoms with Crippen LogP contribution in [-0.4, -0.2) is 52.4 Å². The van der Waals surface area contributed by atoms with Crippen LogP contribution in [0.25, 0.3) is 0 Å². The minimum Gasteiger partial charge on any atom is -0.497 e. The van der Waals surface area contributed by atoms with Crippen molar-refractivity contribution in [3.05, 3.63) is 29.8 Å². The Bertz CT molecular complexity index is 414. The molecule has 1 aliphatic rings. The van der Waals surface area contributed by atoms with Gasteiger partial charge in [-0.05, 0) is 17.7 Å². The predicted octanol–water partition coefficient (Wildman–Crippen LogP) is -0.731. The van der Waals surface area contributed by atoms with Gasteiger partial charge in [0.05, 0.1) is 39.8 Å². The topological polar surface area (TPSA) is 52.0 Å². The summed E-state index contributed by atoms with van der Waals surface area (Å²) in [6, 6.07) is 7.60. The smallest absolute Gasteiger partial charge is 0.224 e. The van der Waals surface area contributed by atoms with Gasteiger partial charge in [0.1, 0.15) is 18.8 Å². The number of hydrogen-bond donors (Lipinski definition) is 2. The number of quaternary nitrogens is 1. The summed E-state index contributed by atoms with van der Waals surface area (Å²) in [5, 5.41) is 2.98. The summed E-state index contributed by atoms with van der Waals surface area (Å²) in [4.78, 5) is 13.3. The first-order valence-electron chi connectivity index (χ1n) is 7.09. The fourth-order valence-electron chi connectivity index (χ4n) is 2.28. The highest BCUT2D eigenvalue weighted by molar-refractivity contribution is 5.78. The zero-order valence-corrected chi connectivity index (χ0v) is 12.0. The zero-order chi connectivity index (χ0) is 14.2. The van der Waals surface area contributed by atoms with Crippen molar-refractivity contribution in [3.8, 4) is 5.75 Å². The lowest BCUT2D eigenvalue weighted by Crippen LogP contribution is -3.14. The largest absolute Gasteiger partial charge is 0.497 e. The van der Waals surface area contributed by atoms with E-state index in [-0.39, 0.29) is 5.91 Å². The molecule has 0 aliphatic carbocycles. The van der Waals surface area contributed by atoms with Gasteiger partial charge in [-0.15, -0.1) is 0 Å². The molecule has 0 aromatic heterocycles. The van der Waals surface area contributed by atoms with Gasteiger partial charge in [-0.3, -0.25) is 4.79 Å². The SMILES string of the molecule is COc1ccc(CC(=O)NCC[NH+]2CCOCC2)cc1. The van der Waals surface area contributed by atoms with E-state index >= 15 is 0 Å². The van der Waals surface area contributed by atoms with Crippen molar-refractivity contribution in [3.63, 3.8) is 0 Å². The van der Waals surface area contributed by atoms with E-state index in [0.29, 0.717) is 6.42 Å². The maximum absolute atomic E-state index is 11.8. The standard InChI is InChI=1S/C15H22N2O3/c1-19-14-4-2-13(3-5-14)12-15(18)16-6-7-17-8-10-20-11-9-17/h2-5H,6-12H2,1H3,(H,16,18)/p+1. The van der Waals surface area contributed by atoms with Crippen LogP contribution in [0.15, 0.2) is 24.3 Å². The average Bonchev–Trinajstić information content (AvgIpc) is 2.49. The van der Waals surface area contributed by atoms with Crippen molar-refractivity contribution in [1.82, 2.24) is 5.32 Å². The summed E-state index contributed by atoms with van der Waals surface area (Å²) in [5.74, 6) is 0.882. The van der Waals surface area contributed by atoms with Crippen LogP contribution in [0.2, 0.25) is 0 Å². The molecule has 0 saturated carbocycles. The van der Waals surface area contributed by atoms with Gasteiger partial charge in [0.15, 0.2) is 0 Å². The number of carbonyl (C=O) groups excluding carboxylic acids is 1. The normalized spacial score (nSPS) is 15.8. The molecule has 0 bridgehead atoms. The average molecular weight is 279 g/mol. The number of morpholine rings is 1. The Hall–Kier alpha value is -1.59. The molecule has 1 heterocycles. The van der Waals surface area contributed by atoms with E-state index in [1.807, 2.05) is 24.3 Å². The number of ether oxygens (including phenoxy) is 2. The Morgan fingerprint density at radius 2 is 2.00 bits per heavy atom. The predicted molar refractivity (Wildman–Crippen MR) is 76.1 cm³/mol. The summed E-state index contributed by atoms with van der Waals surface area (Å²) >= 11 is 0. The summed E-state index contributed by atoms with van der Waals surface area (Å²) in [7, 11) is 1.63. The second-order valence-electron chi connectivity index (χ2n) is 4.99. The van der Waals surface area contributed by atoms with E-state index < -0.39 is 0 Å². The molecule has 1 amide bonds. The third kappa shape index (κ3) is 4.83. The second kappa shape index (κ2) is 7.87. The van der Waals surface area contributed by atoms with Crippen LogP contribution < -0.4 is 15.0 Å². The van der Waals surface area contributed by atoms with Crippen LogP contribution in [0, 0.1) is 0 Å². The Balaban J connectivity index is 1.66. The highest BCUT2D eigenvalue weighted by Crippen LogP contribution is 2.11. The molecule has 5 nitrogen and oxygen atoms in total. The van der Waals surface area contributed by atoms with Crippen LogP contribution >= 0.6 is 0 Å². The molecule has 2 N–H and O–H groups in total. The number of amides is 1. The van der Waals surface area contributed by atoms with E-state index in [0.717, 1.165) is 50.7 Å². The number of carbonyl (C=O) groups is 1. The lowest BCUT2D eigenvalue weighted by Gasteiger charge is -2.23. The van der Waals surface area contributed by atoms with Crippen molar-refractivity contribution in [2.75, 3.05) is 46.5 Å². The van der Waals surface area contributed by atoms with E-state index in [2.05, 4.69) is 5.32 Å². The molecule has 0 radical (unpaired) electrons. The van der Waals surface area contributed by atoms with Crippen LogP contribution in [0.5, 0.6) is 5.75 Å². The minimum absolute atomic E-state index is 0.0721. The number of hydrogen-bond acceptors (Lipinski definition) is 3. The summed E-state index contributed by atoms with van der Waals surface area (Å²) in [6.45, 7) is 5.43. The van der Waals surface area contributed by atoms with Gasteiger partial charge in [0.2, 0.25) is 5.91 Å². The first kappa shape index (κ1) is 14.8. The molecule has 5 heteroatoms. The first-order chi connectivity index (χ1) is 9.78. The third-order valence-electron chi connectivity index (χ3n) is 3.52. The second-order valence-corrected chi connectivity index (χ2v) is 4.99. The highest BCUT2D eigenvalue weighted by Gasteiger charge is 2.13. The summed E-state index contributed by atoms with van der Waals surface area (Å²) < 4.78 is 10.4. The third-order valence-corrected chi connectivity index (χ3v) is 3.52. The van der Waals surface area contributed by atoms with Gasteiger partial charge in [-0.2, -0.15) is 0 Å². The van der Waals surface area contributed by atoms with Crippen molar-refractivity contribution in [2.24, 2.45) is 0 Å². The Morgan fingerprint density at radius 3 is 2.65 bits per heavy atom. The number of methoxy groups -OCH3 is 1. The summed E-state index contributed by atoms with van der Waals surface area (Å²) in [5.41, 5.74) is 1.00. The van der Waals surface area contributed by atoms with E-state index in [9.17, 15) is 4.79 Å².